The van der Waals surface area contributed by atoms with Crippen LogP contribution in [0.1, 0.15) is 0 Å². The van der Waals surface area contributed by atoms with Gasteiger partial charge in [0.1, 0.15) is 0 Å². The molecular weight excluding hydrogens is 216 g/mol. The highest BCUT2D eigenvalue weighted by molar-refractivity contribution is 6.31. The molecule has 0 saturated carbocycles. The Morgan fingerprint density at radius 2 is 1.87 bits per heavy atom. The van der Waals surface area contributed by atoms with Crippen molar-refractivity contribution in [2.45, 2.75) is 0 Å². The summed E-state index contributed by atoms with van der Waals surface area (Å²) < 4.78 is 0. The third-order valence-electron chi connectivity index (χ3n) is 2.12. The molecule has 0 spiro atoms. The highest BCUT2D eigenvalue weighted by atomic mass is 35.5. The molecule has 1 heterocycles. The lowest BCUT2D eigenvalue weighted by Gasteiger charge is -2.25. The van der Waals surface area contributed by atoms with E-state index in [4.69, 9.17) is 11.6 Å². The Hall–Kier alpha value is -1.39. The minimum Gasteiger partial charge on any atom is -0.300 e. The van der Waals surface area contributed by atoms with Gasteiger partial charge in [0.05, 0.1) is 18.8 Å². The number of benzene rings is 1. The second-order valence-corrected chi connectivity index (χ2v) is 3.64. The Morgan fingerprint density at radius 3 is 2.47 bits per heavy atom. The number of piperazine rings is 1. The molecule has 0 unspecified atom stereocenters. The van der Waals surface area contributed by atoms with Crippen LogP contribution in [0.5, 0.6) is 0 Å². The topological polar surface area (TPSA) is 49.4 Å². The first-order chi connectivity index (χ1) is 7.18. The van der Waals surface area contributed by atoms with Crippen LogP contribution in [0.15, 0.2) is 24.3 Å². The van der Waals surface area contributed by atoms with Crippen molar-refractivity contribution in [2.75, 3.05) is 18.0 Å². The SMILES string of the molecule is O=C1CNCC(=O)N1c1cccc(Cl)c1. The van der Waals surface area contributed by atoms with E-state index < -0.39 is 0 Å². The van der Waals surface area contributed by atoms with E-state index in [2.05, 4.69) is 5.32 Å². The van der Waals surface area contributed by atoms with Crippen molar-refractivity contribution in [1.82, 2.24) is 5.32 Å². The minimum atomic E-state index is -0.256. The first kappa shape index (κ1) is 10.1. The van der Waals surface area contributed by atoms with Gasteiger partial charge in [-0.15, -0.1) is 0 Å². The molecule has 1 aromatic carbocycles. The third kappa shape index (κ3) is 2.00. The molecule has 0 atom stereocenters. The fraction of sp³-hybridized carbons (Fsp3) is 0.200. The van der Waals surface area contributed by atoms with Crippen molar-refractivity contribution in [2.24, 2.45) is 0 Å². The molecule has 1 aliphatic rings. The van der Waals surface area contributed by atoms with E-state index >= 15 is 0 Å². The van der Waals surface area contributed by atoms with Crippen LogP contribution < -0.4 is 10.2 Å². The molecule has 0 aliphatic carbocycles. The van der Waals surface area contributed by atoms with Crippen molar-refractivity contribution < 1.29 is 9.59 Å². The molecule has 1 aromatic rings. The van der Waals surface area contributed by atoms with Gasteiger partial charge >= 0.3 is 0 Å². The quantitative estimate of drug-likeness (QED) is 0.718. The third-order valence-corrected chi connectivity index (χ3v) is 2.35. The molecule has 1 aliphatic heterocycles. The summed E-state index contributed by atoms with van der Waals surface area (Å²) in [7, 11) is 0. The van der Waals surface area contributed by atoms with Crippen LogP contribution in [-0.2, 0) is 9.59 Å². The smallest absolute Gasteiger partial charge is 0.247 e. The lowest BCUT2D eigenvalue weighted by atomic mass is 10.2. The average molecular weight is 225 g/mol. The second kappa shape index (κ2) is 4.00. The zero-order chi connectivity index (χ0) is 10.8. The zero-order valence-electron chi connectivity index (χ0n) is 7.87. The summed E-state index contributed by atoms with van der Waals surface area (Å²) in [6, 6.07) is 6.69. The molecule has 5 heteroatoms. The standard InChI is InChI=1S/C10H9ClN2O2/c11-7-2-1-3-8(4-7)13-9(14)5-12-6-10(13)15/h1-4,12H,5-6H2. The number of nitrogens with zero attached hydrogens (tertiary/aromatic N) is 1. The molecule has 15 heavy (non-hydrogen) atoms. The van der Waals surface area contributed by atoms with Gasteiger partial charge < -0.3 is 0 Å². The van der Waals surface area contributed by atoms with Gasteiger partial charge in [0, 0.05) is 5.02 Å². The summed E-state index contributed by atoms with van der Waals surface area (Å²) >= 11 is 5.79. The lowest BCUT2D eigenvalue weighted by molar-refractivity contribution is -0.127. The highest BCUT2D eigenvalue weighted by Gasteiger charge is 2.26. The Bertz CT molecular complexity index is 404. The Balaban J connectivity index is 2.35. The van der Waals surface area contributed by atoms with Gasteiger partial charge in [0.2, 0.25) is 11.8 Å². The monoisotopic (exact) mass is 224 g/mol. The van der Waals surface area contributed by atoms with E-state index in [9.17, 15) is 9.59 Å². The van der Waals surface area contributed by atoms with E-state index in [1.807, 2.05) is 0 Å². The minimum absolute atomic E-state index is 0.179. The van der Waals surface area contributed by atoms with Crippen LogP contribution in [0.25, 0.3) is 0 Å². The first-order valence-corrected chi connectivity index (χ1v) is 4.88. The molecule has 1 N–H and O–H groups in total. The summed E-state index contributed by atoms with van der Waals surface area (Å²) in [5.74, 6) is -0.512. The second-order valence-electron chi connectivity index (χ2n) is 3.21. The molecular formula is C10H9ClN2O2. The van der Waals surface area contributed by atoms with Crippen LogP contribution in [0.4, 0.5) is 5.69 Å². The molecule has 4 nitrogen and oxygen atoms in total. The molecule has 78 valence electrons. The molecule has 2 rings (SSSR count). The van der Waals surface area contributed by atoms with E-state index in [1.165, 1.54) is 0 Å². The van der Waals surface area contributed by atoms with Crippen molar-refractivity contribution in [3.63, 3.8) is 0 Å². The van der Waals surface area contributed by atoms with Gasteiger partial charge in [-0.3, -0.25) is 14.9 Å². The molecule has 1 fully saturated rings. The molecule has 0 radical (unpaired) electrons. The summed E-state index contributed by atoms with van der Waals surface area (Å²) in [4.78, 5) is 24.2. The van der Waals surface area contributed by atoms with Crippen LogP contribution in [0.2, 0.25) is 5.02 Å². The summed E-state index contributed by atoms with van der Waals surface area (Å²) in [6.07, 6.45) is 0. The van der Waals surface area contributed by atoms with E-state index in [0.717, 1.165) is 4.90 Å². The van der Waals surface area contributed by atoms with Crippen molar-refractivity contribution in [3.8, 4) is 0 Å². The van der Waals surface area contributed by atoms with E-state index in [-0.39, 0.29) is 24.9 Å². The van der Waals surface area contributed by atoms with Gasteiger partial charge in [0.15, 0.2) is 0 Å². The van der Waals surface area contributed by atoms with Crippen molar-refractivity contribution in [1.29, 1.82) is 0 Å². The van der Waals surface area contributed by atoms with Gasteiger partial charge in [-0.25, -0.2) is 4.90 Å². The Kier molecular flexibility index (Phi) is 2.70. The number of anilines is 1. The van der Waals surface area contributed by atoms with E-state index in [0.29, 0.717) is 10.7 Å². The number of carbonyl (C=O) groups excluding carboxylic acids is 2. The summed E-state index contributed by atoms with van der Waals surface area (Å²) in [5.41, 5.74) is 0.527. The van der Waals surface area contributed by atoms with Crippen LogP contribution >= 0.6 is 11.6 Å². The van der Waals surface area contributed by atoms with Crippen LogP contribution in [0.3, 0.4) is 0 Å². The maximum absolute atomic E-state index is 11.5. The first-order valence-electron chi connectivity index (χ1n) is 4.50. The van der Waals surface area contributed by atoms with Crippen molar-refractivity contribution >= 4 is 29.1 Å². The number of hydrogen-bond acceptors (Lipinski definition) is 3. The normalized spacial score (nSPS) is 17.0. The maximum atomic E-state index is 11.5. The van der Waals surface area contributed by atoms with Gasteiger partial charge in [0.25, 0.3) is 0 Å². The van der Waals surface area contributed by atoms with Gasteiger partial charge in [-0.1, -0.05) is 17.7 Å². The average Bonchev–Trinajstić information content (AvgIpc) is 2.17. The summed E-state index contributed by atoms with van der Waals surface area (Å²) in [6.45, 7) is 0.358. The Labute approximate surface area is 91.8 Å². The van der Waals surface area contributed by atoms with Crippen LogP contribution in [-0.4, -0.2) is 24.9 Å². The largest absolute Gasteiger partial charge is 0.300 e. The number of halogens is 1. The van der Waals surface area contributed by atoms with Gasteiger partial charge in [-0.05, 0) is 18.2 Å². The highest BCUT2D eigenvalue weighted by Crippen LogP contribution is 2.20. The fourth-order valence-corrected chi connectivity index (χ4v) is 1.66. The molecule has 0 aromatic heterocycles. The number of nitrogens with one attached hydrogen (secondary N) is 1. The molecule has 1 saturated heterocycles. The molecule has 2 amide bonds. The van der Waals surface area contributed by atoms with Crippen LogP contribution in [0, 0.1) is 0 Å². The predicted molar refractivity (Wildman–Crippen MR) is 56.8 cm³/mol. The van der Waals surface area contributed by atoms with Gasteiger partial charge in [-0.2, -0.15) is 0 Å². The van der Waals surface area contributed by atoms with Crippen molar-refractivity contribution in [3.05, 3.63) is 29.3 Å². The number of rotatable bonds is 1. The maximum Gasteiger partial charge on any atom is 0.247 e. The number of hydrogen-bond donors (Lipinski definition) is 1. The number of amides is 2. The fourth-order valence-electron chi connectivity index (χ4n) is 1.48. The predicted octanol–water partition coefficient (Wildman–Crippen LogP) is 0.803. The number of imide groups is 1. The number of carbonyl (C=O) groups is 2. The Morgan fingerprint density at radius 1 is 1.20 bits per heavy atom. The van der Waals surface area contributed by atoms with E-state index in [1.54, 1.807) is 24.3 Å². The molecule has 0 bridgehead atoms. The lowest BCUT2D eigenvalue weighted by Crippen LogP contribution is -2.52. The zero-order valence-corrected chi connectivity index (χ0v) is 8.62. The summed E-state index contributed by atoms with van der Waals surface area (Å²) in [5, 5.41) is 3.23.